The summed E-state index contributed by atoms with van der Waals surface area (Å²) >= 11 is 0. The van der Waals surface area contributed by atoms with Crippen molar-refractivity contribution in [1.82, 2.24) is 10.2 Å². The van der Waals surface area contributed by atoms with Gasteiger partial charge in [0, 0.05) is 11.3 Å². The second-order valence-electron chi connectivity index (χ2n) is 4.42. The summed E-state index contributed by atoms with van der Waals surface area (Å²) in [6.45, 7) is 10.5. The van der Waals surface area contributed by atoms with Crippen molar-refractivity contribution in [3.05, 3.63) is 41.6 Å². The lowest BCUT2D eigenvalue weighted by atomic mass is 10.0. The lowest BCUT2D eigenvalue weighted by Crippen LogP contribution is -1.85. The van der Waals surface area contributed by atoms with Gasteiger partial charge in [-0.25, -0.2) is 0 Å². The minimum atomic E-state index is 0.496. The van der Waals surface area contributed by atoms with E-state index in [1.165, 1.54) is 16.8 Å². The number of aryl methyl sites for hydroxylation is 1. The molecule has 0 fully saturated rings. The average Bonchev–Trinajstić information content (AvgIpc) is 2.91. The summed E-state index contributed by atoms with van der Waals surface area (Å²) in [5.74, 6) is 0.496. The molecule has 0 aliphatic carbocycles. The van der Waals surface area contributed by atoms with Gasteiger partial charge in [0.15, 0.2) is 0 Å². The SMILES string of the molecule is CC.CCc1cccc(-c2cc(C(C)C)[nH]n2)c1. The molecule has 0 spiro atoms. The van der Waals surface area contributed by atoms with Crippen LogP contribution in [0.15, 0.2) is 30.3 Å². The Hall–Kier alpha value is -1.57. The molecule has 0 saturated carbocycles. The molecule has 0 bridgehead atoms. The van der Waals surface area contributed by atoms with Crippen molar-refractivity contribution < 1.29 is 0 Å². The highest BCUT2D eigenvalue weighted by atomic mass is 15.1. The molecule has 2 nitrogen and oxygen atoms in total. The first kappa shape index (κ1) is 14.5. The zero-order valence-electron chi connectivity index (χ0n) is 12.1. The second kappa shape index (κ2) is 7.00. The molecule has 0 radical (unpaired) electrons. The molecule has 1 N–H and O–H groups in total. The topological polar surface area (TPSA) is 28.7 Å². The number of benzene rings is 1. The Bertz CT molecular complexity index is 469. The Balaban J connectivity index is 0.000000771. The number of aromatic nitrogens is 2. The molecule has 18 heavy (non-hydrogen) atoms. The van der Waals surface area contributed by atoms with E-state index < -0.39 is 0 Å². The summed E-state index contributed by atoms with van der Waals surface area (Å²) in [7, 11) is 0. The highest BCUT2D eigenvalue weighted by Gasteiger charge is 2.06. The Morgan fingerprint density at radius 1 is 1.17 bits per heavy atom. The van der Waals surface area contributed by atoms with Crippen LogP contribution in [-0.4, -0.2) is 10.2 Å². The van der Waals surface area contributed by atoms with Crippen molar-refractivity contribution in [3.63, 3.8) is 0 Å². The van der Waals surface area contributed by atoms with E-state index in [0.717, 1.165) is 12.1 Å². The van der Waals surface area contributed by atoms with Crippen molar-refractivity contribution in [1.29, 1.82) is 0 Å². The molecule has 2 aromatic rings. The Labute approximate surface area is 110 Å². The maximum absolute atomic E-state index is 4.36. The molecule has 0 saturated heterocycles. The molecule has 0 amide bonds. The van der Waals surface area contributed by atoms with Crippen LogP contribution in [0.2, 0.25) is 0 Å². The van der Waals surface area contributed by atoms with E-state index in [4.69, 9.17) is 0 Å². The molecule has 1 heterocycles. The first-order valence-corrected chi connectivity index (χ1v) is 6.85. The lowest BCUT2D eigenvalue weighted by Gasteiger charge is -2.00. The lowest BCUT2D eigenvalue weighted by molar-refractivity contribution is 0.811. The van der Waals surface area contributed by atoms with Gasteiger partial charge in [-0.2, -0.15) is 5.10 Å². The van der Waals surface area contributed by atoms with Crippen LogP contribution in [-0.2, 0) is 6.42 Å². The monoisotopic (exact) mass is 244 g/mol. The predicted molar refractivity (Wildman–Crippen MR) is 78.8 cm³/mol. The summed E-state index contributed by atoms with van der Waals surface area (Å²) in [4.78, 5) is 0. The molecule has 0 aliphatic heterocycles. The summed E-state index contributed by atoms with van der Waals surface area (Å²) in [5, 5.41) is 7.45. The van der Waals surface area contributed by atoms with Crippen molar-refractivity contribution in [2.24, 2.45) is 0 Å². The fourth-order valence-corrected chi connectivity index (χ4v) is 1.73. The van der Waals surface area contributed by atoms with Gasteiger partial charge in [-0.3, -0.25) is 5.10 Å². The van der Waals surface area contributed by atoms with Crippen molar-refractivity contribution in [2.75, 3.05) is 0 Å². The van der Waals surface area contributed by atoms with Crippen LogP contribution in [0.5, 0.6) is 0 Å². The van der Waals surface area contributed by atoms with E-state index in [0.29, 0.717) is 5.92 Å². The first-order chi connectivity index (χ1) is 8.70. The standard InChI is InChI=1S/C14H18N2.C2H6/c1-4-11-6-5-7-12(8-11)14-9-13(10(2)3)15-16-14;1-2/h5-10H,4H2,1-3H3,(H,15,16);1-2H3. The Morgan fingerprint density at radius 3 is 2.44 bits per heavy atom. The normalized spacial score (nSPS) is 10.1. The van der Waals surface area contributed by atoms with Crippen LogP contribution in [0.3, 0.4) is 0 Å². The van der Waals surface area contributed by atoms with Gasteiger partial charge in [0.1, 0.15) is 0 Å². The number of nitrogens with zero attached hydrogens (tertiary/aromatic N) is 1. The van der Waals surface area contributed by atoms with E-state index in [1.54, 1.807) is 0 Å². The van der Waals surface area contributed by atoms with E-state index in [1.807, 2.05) is 13.8 Å². The fourth-order valence-electron chi connectivity index (χ4n) is 1.73. The van der Waals surface area contributed by atoms with Crippen LogP contribution in [0.25, 0.3) is 11.3 Å². The smallest absolute Gasteiger partial charge is 0.0923 e. The molecule has 98 valence electrons. The fraction of sp³-hybridized carbons (Fsp3) is 0.438. The zero-order valence-corrected chi connectivity index (χ0v) is 12.1. The number of aromatic amines is 1. The molecular formula is C16H24N2. The number of hydrogen-bond acceptors (Lipinski definition) is 1. The van der Waals surface area contributed by atoms with Gasteiger partial charge >= 0.3 is 0 Å². The highest BCUT2D eigenvalue weighted by molar-refractivity contribution is 5.60. The van der Waals surface area contributed by atoms with Gasteiger partial charge in [-0.05, 0) is 30.0 Å². The molecule has 2 heteroatoms. The largest absolute Gasteiger partial charge is 0.282 e. The summed E-state index contributed by atoms with van der Waals surface area (Å²) < 4.78 is 0. The van der Waals surface area contributed by atoms with Crippen molar-refractivity contribution in [2.45, 2.75) is 47.0 Å². The average molecular weight is 244 g/mol. The van der Waals surface area contributed by atoms with Crippen molar-refractivity contribution >= 4 is 0 Å². The number of rotatable bonds is 3. The van der Waals surface area contributed by atoms with E-state index in [-0.39, 0.29) is 0 Å². The van der Waals surface area contributed by atoms with Gasteiger partial charge in [-0.1, -0.05) is 52.8 Å². The van der Waals surface area contributed by atoms with Crippen LogP contribution >= 0.6 is 0 Å². The second-order valence-corrected chi connectivity index (χ2v) is 4.42. The molecule has 1 aromatic heterocycles. The minimum Gasteiger partial charge on any atom is -0.282 e. The van der Waals surface area contributed by atoms with Gasteiger partial charge in [0.2, 0.25) is 0 Å². The third-order valence-electron chi connectivity index (χ3n) is 2.85. The third kappa shape index (κ3) is 3.46. The number of nitrogens with one attached hydrogen (secondary N) is 1. The van der Waals surface area contributed by atoms with Gasteiger partial charge in [0.25, 0.3) is 0 Å². The van der Waals surface area contributed by atoms with Gasteiger partial charge < -0.3 is 0 Å². The van der Waals surface area contributed by atoms with Crippen LogP contribution in [0, 0.1) is 0 Å². The van der Waals surface area contributed by atoms with Crippen LogP contribution < -0.4 is 0 Å². The summed E-state index contributed by atoms with van der Waals surface area (Å²) in [5.41, 5.74) is 4.78. The van der Waals surface area contributed by atoms with E-state index in [9.17, 15) is 0 Å². The summed E-state index contributed by atoms with van der Waals surface area (Å²) in [6.07, 6.45) is 1.06. The Morgan fingerprint density at radius 2 is 1.89 bits per heavy atom. The maximum Gasteiger partial charge on any atom is 0.0923 e. The molecule has 1 aromatic carbocycles. The first-order valence-electron chi connectivity index (χ1n) is 6.85. The summed E-state index contributed by atoms with van der Waals surface area (Å²) in [6, 6.07) is 10.7. The molecular weight excluding hydrogens is 220 g/mol. The van der Waals surface area contributed by atoms with Gasteiger partial charge in [0.05, 0.1) is 5.69 Å². The number of hydrogen-bond donors (Lipinski definition) is 1. The minimum absolute atomic E-state index is 0.496. The third-order valence-corrected chi connectivity index (χ3v) is 2.85. The predicted octanol–water partition coefficient (Wildman–Crippen LogP) is 4.79. The molecule has 2 rings (SSSR count). The van der Waals surface area contributed by atoms with E-state index >= 15 is 0 Å². The van der Waals surface area contributed by atoms with Gasteiger partial charge in [-0.15, -0.1) is 0 Å². The van der Waals surface area contributed by atoms with E-state index in [2.05, 4.69) is 61.3 Å². The van der Waals surface area contributed by atoms with Crippen molar-refractivity contribution in [3.8, 4) is 11.3 Å². The molecule has 0 unspecified atom stereocenters. The Kier molecular flexibility index (Phi) is 5.63. The highest BCUT2D eigenvalue weighted by Crippen LogP contribution is 2.22. The zero-order chi connectivity index (χ0) is 13.5. The number of H-pyrrole nitrogens is 1. The quantitative estimate of drug-likeness (QED) is 0.826. The van der Waals surface area contributed by atoms with Crippen LogP contribution in [0.4, 0.5) is 0 Å². The molecule has 0 aliphatic rings. The molecule has 0 atom stereocenters. The maximum atomic E-state index is 4.36. The van der Waals surface area contributed by atoms with Crippen LogP contribution in [0.1, 0.15) is 51.8 Å².